The van der Waals surface area contributed by atoms with Crippen LogP contribution in [0.3, 0.4) is 0 Å². The number of para-hydroxylation sites is 1. The van der Waals surface area contributed by atoms with Gasteiger partial charge in [-0.25, -0.2) is 0 Å². The number of benzene rings is 1. The Morgan fingerprint density at radius 2 is 2.09 bits per heavy atom. The number of carbonyl (C=O) groups excluding carboxylic acids is 2. The van der Waals surface area contributed by atoms with Gasteiger partial charge in [0, 0.05) is 29.6 Å². The first-order valence-corrected chi connectivity index (χ1v) is 8.62. The second-order valence-corrected chi connectivity index (χ2v) is 7.49. The van der Waals surface area contributed by atoms with E-state index in [0.29, 0.717) is 15.0 Å². The Bertz CT molecular complexity index is 871. The van der Waals surface area contributed by atoms with Crippen LogP contribution >= 0.6 is 23.1 Å². The fraction of sp³-hybridized carbons (Fsp3) is 0.200. The van der Waals surface area contributed by atoms with E-state index in [-0.39, 0.29) is 16.9 Å². The summed E-state index contributed by atoms with van der Waals surface area (Å²) in [5, 5.41) is 11.5. The largest absolute Gasteiger partial charge is 0.360 e. The molecule has 0 aliphatic heterocycles. The third-order valence-electron chi connectivity index (χ3n) is 3.19. The molecule has 8 heteroatoms. The Labute approximate surface area is 140 Å². The van der Waals surface area contributed by atoms with E-state index < -0.39 is 0 Å². The number of carbonyl (C=O) groups is 2. The van der Waals surface area contributed by atoms with E-state index in [1.807, 2.05) is 31.2 Å². The molecular formula is C15H14N4O2S2. The van der Waals surface area contributed by atoms with Crippen molar-refractivity contribution in [3.8, 4) is 0 Å². The second-order valence-electron chi connectivity index (χ2n) is 4.93. The number of amides is 1. The third-order valence-corrected chi connectivity index (χ3v) is 5.21. The van der Waals surface area contributed by atoms with Gasteiger partial charge in [-0.1, -0.05) is 41.3 Å². The highest BCUT2D eigenvalue weighted by molar-refractivity contribution is 8.02. The van der Waals surface area contributed by atoms with Crippen LogP contribution in [-0.4, -0.2) is 32.1 Å². The van der Waals surface area contributed by atoms with Gasteiger partial charge < -0.3 is 10.3 Å². The topological polar surface area (TPSA) is 87.7 Å². The minimum Gasteiger partial charge on any atom is -0.360 e. The minimum absolute atomic E-state index is 0.0312. The third kappa shape index (κ3) is 3.43. The van der Waals surface area contributed by atoms with Gasteiger partial charge in [-0.3, -0.25) is 9.59 Å². The highest BCUT2D eigenvalue weighted by Gasteiger charge is 2.21. The molecular weight excluding hydrogens is 332 g/mol. The van der Waals surface area contributed by atoms with Crippen LogP contribution in [0.1, 0.15) is 24.2 Å². The number of aromatic amines is 1. The van der Waals surface area contributed by atoms with Crippen molar-refractivity contribution in [3.05, 3.63) is 36.0 Å². The molecule has 6 nitrogen and oxygen atoms in total. The van der Waals surface area contributed by atoms with Crippen molar-refractivity contribution in [1.82, 2.24) is 15.2 Å². The standard InChI is InChI=1S/C15H14N4O2S2/c1-8(22-15-19-18-14(23-15)17-9(2)20)13(21)11-7-16-12-6-4-3-5-10(11)12/h3-8,16H,1-2H3,(H,17,18,20). The van der Waals surface area contributed by atoms with Crippen LogP contribution in [0.25, 0.3) is 10.9 Å². The molecule has 23 heavy (non-hydrogen) atoms. The van der Waals surface area contributed by atoms with E-state index in [4.69, 9.17) is 0 Å². The SMILES string of the molecule is CC(=O)Nc1nnc(SC(C)C(=O)c2c[nH]c3ccccc23)s1. The average Bonchev–Trinajstić information content (AvgIpc) is 3.12. The smallest absolute Gasteiger partial charge is 0.223 e. The molecule has 1 amide bonds. The maximum Gasteiger partial charge on any atom is 0.223 e. The van der Waals surface area contributed by atoms with Crippen molar-refractivity contribution in [3.63, 3.8) is 0 Å². The Hall–Kier alpha value is -2.19. The maximum atomic E-state index is 12.7. The van der Waals surface area contributed by atoms with Gasteiger partial charge in [0.1, 0.15) is 0 Å². The summed E-state index contributed by atoms with van der Waals surface area (Å²) in [4.78, 5) is 26.8. The van der Waals surface area contributed by atoms with E-state index in [0.717, 1.165) is 10.9 Å². The van der Waals surface area contributed by atoms with E-state index in [1.54, 1.807) is 6.20 Å². The molecule has 3 rings (SSSR count). The Kier molecular flexibility index (Phi) is 4.44. The predicted molar refractivity (Wildman–Crippen MR) is 92.2 cm³/mol. The highest BCUT2D eigenvalue weighted by Crippen LogP contribution is 2.31. The van der Waals surface area contributed by atoms with Crippen molar-refractivity contribution in [1.29, 1.82) is 0 Å². The van der Waals surface area contributed by atoms with Crippen molar-refractivity contribution >= 4 is 50.8 Å². The number of aromatic nitrogens is 3. The van der Waals surface area contributed by atoms with Crippen molar-refractivity contribution in [2.45, 2.75) is 23.4 Å². The molecule has 1 aromatic carbocycles. The summed E-state index contributed by atoms with van der Waals surface area (Å²) in [5.41, 5.74) is 1.61. The minimum atomic E-state index is -0.299. The molecule has 0 bridgehead atoms. The lowest BCUT2D eigenvalue weighted by molar-refractivity contribution is -0.114. The molecule has 0 aliphatic carbocycles. The molecule has 1 unspecified atom stereocenters. The van der Waals surface area contributed by atoms with Crippen LogP contribution < -0.4 is 5.32 Å². The molecule has 0 spiro atoms. The lowest BCUT2D eigenvalue weighted by atomic mass is 10.1. The molecule has 0 radical (unpaired) electrons. The highest BCUT2D eigenvalue weighted by atomic mass is 32.2. The summed E-state index contributed by atoms with van der Waals surface area (Å²) in [6, 6.07) is 7.70. The molecule has 0 saturated heterocycles. The number of anilines is 1. The Morgan fingerprint density at radius 1 is 1.30 bits per heavy atom. The molecule has 0 fully saturated rings. The summed E-state index contributed by atoms with van der Waals surface area (Å²) >= 11 is 2.59. The number of H-pyrrole nitrogens is 1. The molecule has 1 atom stereocenters. The fourth-order valence-corrected chi connectivity index (χ4v) is 4.17. The zero-order valence-corrected chi connectivity index (χ0v) is 14.1. The number of ketones is 1. The maximum absolute atomic E-state index is 12.7. The van der Waals surface area contributed by atoms with Gasteiger partial charge in [0.05, 0.1) is 5.25 Å². The van der Waals surface area contributed by atoms with E-state index in [1.165, 1.54) is 30.0 Å². The van der Waals surface area contributed by atoms with Crippen LogP contribution in [0.2, 0.25) is 0 Å². The monoisotopic (exact) mass is 346 g/mol. The molecule has 3 aromatic rings. The van der Waals surface area contributed by atoms with Gasteiger partial charge >= 0.3 is 0 Å². The number of rotatable bonds is 5. The summed E-state index contributed by atoms with van der Waals surface area (Å²) in [6.07, 6.45) is 1.74. The number of nitrogens with one attached hydrogen (secondary N) is 2. The number of thioether (sulfide) groups is 1. The first kappa shape index (κ1) is 15.7. The van der Waals surface area contributed by atoms with Gasteiger partial charge in [-0.05, 0) is 13.0 Å². The summed E-state index contributed by atoms with van der Waals surface area (Å²) < 4.78 is 0.648. The first-order valence-electron chi connectivity index (χ1n) is 6.92. The van der Waals surface area contributed by atoms with Gasteiger partial charge in [0.25, 0.3) is 0 Å². The van der Waals surface area contributed by atoms with Crippen molar-refractivity contribution in [2.24, 2.45) is 0 Å². The van der Waals surface area contributed by atoms with Gasteiger partial charge in [-0.2, -0.15) is 0 Å². The van der Waals surface area contributed by atoms with Gasteiger partial charge in [0.2, 0.25) is 11.0 Å². The quantitative estimate of drug-likeness (QED) is 0.420. The van der Waals surface area contributed by atoms with Crippen LogP contribution in [0.15, 0.2) is 34.8 Å². The number of fused-ring (bicyclic) bond motifs is 1. The number of hydrogen-bond donors (Lipinski definition) is 2. The molecule has 2 heterocycles. The van der Waals surface area contributed by atoms with E-state index >= 15 is 0 Å². The number of hydrogen-bond acceptors (Lipinski definition) is 6. The average molecular weight is 346 g/mol. The molecule has 2 N–H and O–H groups in total. The van der Waals surface area contributed by atoms with Crippen LogP contribution in [-0.2, 0) is 4.79 Å². The molecule has 2 aromatic heterocycles. The van der Waals surface area contributed by atoms with E-state index in [9.17, 15) is 9.59 Å². The van der Waals surface area contributed by atoms with Crippen LogP contribution in [0.4, 0.5) is 5.13 Å². The van der Waals surface area contributed by atoms with Crippen molar-refractivity contribution in [2.75, 3.05) is 5.32 Å². The zero-order chi connectivity index (χ0) is 16.4. The summed E-state index contributed by atoms with van der Waals surface area (Å²) in [5.74, 6) is -0.163. The predicted octanol–water partition coefficient (Wildman–Crippen LogP) is 3.34. The van der Waals surface area contributed by atoms with Gasteiger partial charge in [0.15, 0.2) is 10.1 Å². The van der Waals surface area contributed by atoms with Gasteiger partial charge in [-0.15, -0.1) is 10.2 Å². The number of Topliss-reactive ketones (excluding diaryl/α,β-unsaturated/α-hetero) is 1. The number of nitrogens with zero attached hydrogens (tertiary/aromatic N) is 2. The molecule has 0 aliphatic rings. The second kappa shape index (κ2) is 6.51. The summed E-state index contributed by atoms with van der Waals surface area (Å²) in [7, 11) is 0. The Balaban J connectivity index is 1.75. The van der Waals surface area contributed by atoms with Crippen LogP contribution in [0.5, 0.6) is 0 Å². The summed E-state index contributed by atoms with van der Waals surface area (Å²) in [6.45, 7) is 3.26. The first-order chi connectivity index (χ1) is 11.0. The fourth-order valence-electron chi connectivity index (χ4n) is 2.16. The van der Waals surface area contributed by atoms with Crippen molar-refractivity contribution < 1.29 is 9.59 Å². The lowest BCUT2D eigenvalue weighted by Crippen LogP contribution is -2.12. The zero-order valence-electron chi connectivity index (χ0n) is 12.5. The molecule has 0 saturated carbocycles. The normalized spacial score (nSPS) is 12.3. The molecule has 118 valence electrons. The lowest BCUT2D eigenvalue weighted by Gasteiger charge is -2.06. The van der Waals surface area contributed by atoms with Crippen LogP contribution in [0, 0.1) is 0 Å². The Morgan fingerprint density at radius 3 is 2.87 bits per heavy atom. The van der Waals surface area contributed by atoms with E-state index in [2.05, 4.69) is 20.5 Å².